The lowest BCUT2D eigenvalue weighted by molar-refractivity contribution is 1.14. The van der Waals surface area contributed by atoms with Crippen LogP contribution in [0, 0.1) is 6.92 Å². The van der Waals surface area contributed by atoms with Crippen LogP contribution in [0.3, 0.4) is 0 Å². The van der Waals surface area contributed by atoms with E-state index in [2.05, 4.69) is 15.3 Å². The van der Waals surface area contributed by atoms with E-state index in [9.17, 15) is 4.79 Å². The first kappa shape index (κ1) is 9.45. The molecule has 0 bridgehead atoms. The normalized spacial score (nSPS) is 9.93. The minimum Gasteiger partial charge on any atom is -0.340 e. The summed E-state index contributed by atoms with van der Waals surface area (Å²) in [5.74, 6) is 0.725. The van der Waals surface area contributed by atoms with Crippen molar-refractivity contribution in [3.8, 4) is 0 Å². The van der Waals surface area contributed by atoms with Gasteiger partial charge in [0, 0.05) is 23.6 Å². The van der Waals surface area contributed by atoms with E-state index in [-0.39, 0.29) is 5.56 Å². The van der Waals surface area contributed by atoms with Gasteiger partial charge in [-0.05, 0) is 25.1 Å². The third kappa shape index (κ3) is 2.43. The highest BCUT2D eigenvalue weighted by Gasteiger charge is 1.96. The molecule has 0 aliphatic rings. The summed E-state index contributed by atoms with van der Waals surface area (Å²) < 4.78 is 0. The van der Waals surface area contributed by atoms with Crippen molar-refractivity contribution in [1.82, 2.24) is 9.97 Å². The van der Waals surface area contributed by atoms with Crippen LogP contribution in [0.15, 0.2) is 41.3 Å². The first-order chi connectivity index (χ1) is 7.24. The standard InChI is InChI=1S/C11H11N3O/c1-8-6-9(7-11(15)13-8)14-10-4-2-3-5-12-10/h2-7H,1H3,(H2,12,13,14,15). The number of anilines is 2. The first-order valence-electron chi connectivity index (χ1n) is 4.63. The van der Waals surface area contributed by atoms with Gasteiger partial charge >= 0.3 is 0 Å². The van der Waals surface area contributed by atoms with Gasteiger partial charge < -0.3 is 10.3 Å². The lowest BCUT2D eigenvalue weighted by Gasteiger charge is -2.04. The molecule has 0 saturated carbocycles. The summed E-state index contributed by atoms with van der Waals surface area (Å²) in [7, 11) is 0. The van der Waals surface area contributed by atoms with Gasteiger partial charge in [-0.2, -0.15) is 0 Å². The summed E-state index contributed by atoms with van der Waals surface area (Å²) in [6, 6.07) is 8.93. The summed E-state index contributed by atoms with van der Waals surface area (Å²) in [4.78, 5) is 18.0. The monoisotopic (exact) mass is 201 g/mol. The minimum atomic E-state index is -0.117. The van der Waals surface area contributed by atoms with Crippen LogP contribution < -0.4 is 10.9 Å². The topological polar surface area (TPSA) is 57.8 Å². The number of nitrogens with zero attached hydrogens (tertiary/aromatic N) is 1. The van der Waals surface area contributed by atoms with Gasteiger partial charge in [0.2, 0.25) is 5.56 Å². The van der Waals surface area contributed by atoms with Gasteiger partial charge in [0.05, 0.1) is 0 Å². The van der Waals surface area contributed by atoms with Crippen LogP contribution in [-0.2, 0) is 0 Å². The zero-order valence-electron chi connectivity index (χ0n) is 8.32. The molecule has 76 valence electrons. The van der Waals surface area contributed by atoms with Gasteiger partial charge in [0.1, 0.15) is 5.82 Å². The Kier molecular flexibility index (Phi) is 2.49. The average Bonchev–Trinajstić information content (AvgIpc) is 2.17. The second kappa shape index (κ2) is 3.96. The van der Waals surface area contributed by atoms with Crippen molar-refractivity contribution in [2.75, 3.05) is 5.32 Å². The van der Waals surface area contributed by atoms with E-state index in [0.717, 1.165) is 17.2 Å². The quantitative estimate of drug-likeness (QED) is 0.779. The van der Waals surface area contributed by atoms with Crippen molar-refractivity contribution >= 4 is 11.5 Å². The molecule has 2 aromatic rings. The van der Waals surface area contributed by atoms with Crippen molar-refractivity contribution in [2.24, 2.45) is 0 Å². The highest BCUT2D eigenvalue weighted by Crippen LogP contribution is 2.11. The average molecular weight is 201 g/mol. The fraction of sp³-hybridized carbons (Fsp3) is 0.0909. The maximum Gasteiger partial charge on any atom is 0.250 e. The Bertz CT molecular complexity index is 505. The number of hydrogen-bond acceptors (Lipinski definition) is 3. The van der Waals surface area contributed by atoms with Crippen LogP contribution in [0.5, 0.6) is 0 Å². The van der Waals surface area contributed by atoms with E-state index in [1.54, 1.807) is 6.20 Å². The van der Waals surface area contributed by atoms with Crippen molar-refractivity contribution < 1.29 is 0 Å². The molecule has 0 radical (unpaired) electrons. The molecule has 2 N–H and O–H groups in total. The summed E-state index contributed by atoms with van der Waals surface area (Å²) in [5.41, 5.74) is 1.45. The molecule has 0 fully saturated rings. The predicted octanol–water partition coefficient (Wildman–Crippen LogP) is 1.82. The Morgan fingerprint density at radius 1 is 1.33 bits per heavy atom. The number of nitrogens with one attached hydrogen (secondary N) is 2. The first-order valence-corrected chi connectivity index (χ1v) is 4.63. The Morgan fingerprint density at radius 2 is 2.20 bits per heavy atom. The van der Waals surface area contributed by atoms with Crippen molar-refractivity contribution in [1.29, 1.82) is 0 Å². The minimum absolute atomic E-state index is 0.117. The number of hydrogen-bond donors (Lipinski definition) is 2. The highest BCUT2D eigenvalue weighted by molar-refractivity contribution is 5.55. The second-order valence-corrected chi connectivity index (χ2v) is 3.26. The van der Waals surface area contributed by atoms with Gasteiger partial charge in [0.15, 0.2) is 0 Å². The fourth-order valence-electron chi connectivity index (χ4n) is 1.34. The second-order valence-electron chi connectivity index (χ2n) is 3.26. The zero-order valence-corrected chi connectivity index (χ0v) is 8.32. The molecule has 0 unspecified atom stereocenters. The molecule has 15 heavy (non-hydrogen) atoms. The Hall–Kier alpha value is -2.10. The number of H-pyrrole nitrogens is 1. The molecular weight excluding hydrogens is 190 g/mol. The van der Waals surface area contributed by atoms with Crippen LogP contribution in [0.4, 0.5) is 11.5 Å². The van der Waals surface area contributed by atoms with Crippen molar-refractivity contribution in [2.45, 2.75) is 6.92 Å². The Labute approximate surface area is 87.0 Å². The maximum atomic E-state index is 11.2. The van der Waals surface area contributed by atoms with E-state index in [1.807, 2.05) is 31.2 Å². The van der Waals surface area contributed by atoms with Gasteiger partial charge in [-0.1, -0.05) is 6.07 Å². The van der Waals surface area contributed by atoms with E-state index < -0.39 is 0 Å². The molecule has 4 heteroatoms. The summed E-state index contributed by atoms with van der Waals surface area (Å²) in [6.45, 7) is 1.84. The summed E-state index contributed by atoms with van der Waals surface area (Å²) in [5, 5.41) is 3.05. The fourth-order valence-corrected chi connectivity index (χ4v) is 1.34. The number of aryl methyl sites for hydroxylation is 1. The van der Waals surface area contributed by atoms with Gasteiger partial charge in [-0.15, -0.1) is 0 Å². The molecule has 4 nitrogen and oxygen atoms in total. The summed E-state index contributed by atoms with van der Waals surface area (Å²) >= 11 is 0. The van der Waals surface area contributed by atoms with Crippen LogP contribution in [-0.4, -0.2) is 9.97 Å². The molecule has 2 rings (SSSR count). The van der Waals surface area contributed by atoms with Crippen molar-refractivity contribution in [3.63, 3.8) is 0 Å². The third-order valence-corrected chi connectivity index (χ3v) is 1.92. The number of pyridine rings is 2. The smallest absolute Gasteiger partial charge is 0.250 e. The van der Waals surface area contributed by atoms with E-state index in [4.69, 9.17) is 0 Å². The van der Waals surface area contributed by atoms with E-state index in [1.165, 1.54) is 6.07 Å². The van der Waals surface area contributed by atoms with Gasteiger partial charge in [0.25, 0.3) is 0 Å². The maximum absolute atomic E-state index is 11.2. The molecule has 0 aliphatic heterocycles. The molecule has 0 spiro atoms. The zero-order chi connectivity index (χ0) is 10.7. The molecule has 0 atom stereocenters. The Balaban J connectivity index is 2.29. The molecule has 2 heterocycles. The molecule has 2 aromatic heterocycles. The largest absolute Gasteiger partial charge is 0.340 e. The van der Waals surface area contributed by atoms with Gasteiger partial charge in [-0.25, -0.2) is 4.98 Å². The third-order valence-electron chi connectivity index (χ3n) is 1.92. The van der Waals surface area contributed by atoms with E-state index in [0.29, 0.717) is 0 Å². The highest BCUT2D eigenvalue weighted by atomic mass is 16.1. The molecule has 0 amide bonds. The number of rotatable bonds is 2. The number of aromatic amines is 1. The lowest BCUT2D eigenvalue weighted by atomic mass is 10.3. The number of aromatic nitrogens is 2. The van der Waals surface area contributed by atoms with Crippen LogP contribution >= 0.6 is 0 Å². The van der Waals surface area contributed by atoms with Crippen LogP contribution in [0.2, 0.25) is 0 Å². The molecule has 0 saturated heterocycles. The van der Waals surface area contributed by atoms with Crippen molar-refractivity contribution in [3.05, 3.63) is 52.6 Å². The van der Waals surface area contributed by atoms with Gasteiger partial charge in [-0.3, -0.25) is 4.79 Å². The Morgan fingerprint density at radius 3 is 2.87 bits per heavy atom. The summed E-state index contributed by atoms with van der Waals surface area (Å²) in [6.07, 6.45) is 1.70. The molecule has 0 aromatic carbocycles. The predicted molar refractivity (Wildman–Crippen MR) is 59.3 cm³/mol. The van der Waals surface area contributed by atoms with E-state index >= 15 is 0 Å². The molecular formula is C11H11N3O. The van der Waals surface area contributed by atoms with Crippen LogP contribution in [0.25, 0.3) is 0 Å². The molecule has 0 aliphatic carbocycles. The SMILES string of the molecule is Cc1cc(Nc2ccccn2)cc(=O)[nH]1. The lowest BCUT2D eigenvalue weighted by Crippen LogP contribution is -2.07. The van der Waals surface area contributed by atoms with Crippen LogP contribution in [0.1, 0.15) is 5.69 Å².